The van der Waals surface area contributed by atoms with Gasteiger partial charge in [0, 0.05) is 0 Å². The van der Waals surface area contributed by atoms with E-state index < -0.39 is 16.7 Å². The molecule has 14 heavy (non-hydrogen) atoms. The van der Waals surface area contributed by atoms with Crippen LogP contribution in [0.5, 0.6) is 0 Å². The molecule has 0 spiro atoms. The van der Waals surface area contributed by atoms with Gasteiger partial charge in [0.1, 0.15) is 10.8 Å². The molecule has 0 bridgehead atoms. The molecule has 0 fully saturated rings. The molecule has 0 aliphatic heterocycles. The fraction of sp³-hybridized carbons (Fsp3) is 0. The van der Waals surface area contributed by atoms with E-state index in [-0.39, 0.29) is 10.6 Å². The first-order chi connectivity index (χ1) is 6.61. The molecule has 2 aromatic carbocycles. The lowest BCUT2D eigenvalue weighted by atomic mass is 10.0. The molecule has 2 aromatic rings. The van der Waals surface area contributed by atoms with E-state index >= 15 is 0 Å². The maximum absolute atomic E-state index is 12.5. The van der Waals surface area contributed by atoms with Crippen molar-refractivity contribution in [2.45, 2.75) is 0 Å². The van der Waals surface area contributed by atoms with Crippen molar-refractivity contribution in [3.8, 4) is 11.1 Å². The van der Waals surface area contributed by atoms with Gasteiger partial charge in [-0.3, -0.25) is 9.59 Å². The summed E-state index contributed by atoms with van der Waals surface area (Å²) in [5.41, 5.74) is -0.634. The second-order valence-corrected chi connectivity index (χ2v) is 3.23. The summed E-state index contributed by atoms with van der Waals surface area (Å²) in [6.45, 7) is 0. The largest absolute Gasteiger partial charge is 0.285 e. The van der Waals surface area contributed by atoms with E-state index in [1.54, 1.807) is 0 Å². The van der Waals surface area contributed by atoms with Crippen LogP contribution in [0.1, 0.15) is 0 Å². The Morgan fingerprint density at radius 2 is 1.57 bits per heavy atom. The lowest BCUT2D eigenvalue weighted by Gasteiger charge is -2.04. The van der Waals surface area contributed by atoms with Crippen molar-refractivity contribution in [2.75, 3.05) is 0 Å². The highest BCUT2D eigenvalue weighted by atomic mass is 35.5. The van der Waals surface area contributed by atoms with Crippen molar-refractivity contribution in [3.05, 3.63) is 55.6 Å². The van der Waals surface area contributed by atoms with E-state index in [0.29, 0.717) is 5.56 Å². The van der Waals surface area contributed by atoms with Gasteiger partial charge < -0.3 is 0 Å². The van der Waals surface area contributed by atoms with Gasteiger partial charge in [-0.05, 0) is 17.7 Å². The number of rotatable bonds is 1. The molecule has 70 valence electrons. The van der Waals surface area contributed by atoms with Crippen LogP contribution in [0.3, 0.4) is 0 Å². The zero-order valence-electron chi connectivity index (χ0n) is 6.88. The number of hydrogen-bond donors (Lipinski definition) is 0. The smallest absolute Gasteiger partial charge is 0.245 e. The van der Waals surface area contributed by atoms with Gasteiger partial charge >= 0.3 is 0 Å². The minimum atomic E-state index is -0.675. The molecular formula is C10H4ClFO2. The molecule has 2 nitrogen and oxygen atoms in total. The van der Waals surface area contributed by atoms with Crippen LogP contribution in [0.25, 0.3) is 11.1 Å². The van der Waals surface area contributed by atoms with Crippen molar-refractivity contribution < 1.29 is 4.39 Å². The van der Waals surface area contributed by atoms with Crippen LogP contribution < -0.4 is 10.9 Å². The summed E-state index contributed by atoms with van der Waals surface area (Å²) in [6.07, 6.45) is 0. The molecule has 0 aromatic heterocycles. The van der Waals surface area contributed by atoms with Gasteiger partial charge in [0.05, 0.1) is 5.56 Å². The predicted molar refractivity (Wildman–Crippen MR) is 51.8 cm³/mol. The molecule has 0 saturated heterocycles. The average Bonchev–Trinajstić information content (AvgIpc) is 2.21. The van der Waals surface area contributed by atoms with E-state index in [2.05, 4.69) is 0 Å². The van der Waals surface area contributed by atoms with Gasteiger partial charge in [0.15, 0.2) is 0 Å². The molecule has 0 heterocycles. The molecule has 4 heteroatoms. The lowest BCUT2D eigenvalue weighted by Crippen LogP contribution is -2.33. The number of halogens is 2. The highest BCUT2D eigenvalue weighted by Crippen LogP contribution is 2.22. The molecule has 0 radical (unpaired) electrons. The van der Waals surface area contributed by atoms with E-state index in [1.807, 2.05) is 0 Å². The molecule has 0 atom stereocenters. The summed E-state index contributed by atoms with van der Waals surface area (Å²) < 4.78 is 12.5. The van der Waals surface area contributed by atoms with E-state index in [4.69, 9.17) is 11.6 Å². The average molecular weight is 211 g/mol. The van der Waals surface area contributed by atoms with Gasteiger partial charge in [-0.15, -0.1) is 0 Å². The zero-order valence-corrected chi connectivity index (χ0v) is 7.64. The topological polar surface area (TPSA) is 34.1 Å². The van der Waals surface area contributed by atoms with Crippen LogP contribution in [-0.2, 0) is 0 Å². The first kappa shape index (κ1) is 9.09. The summed E-state index contributed by atoms with van der Waals surface area (Å²) in [4.78, 5) is 21.9. The van der Waals surface area contributed by atoms with Crippen LogP contribution in [0.4, 0.5) is 4.39 Å². The van der Waals surface area contributed by atoms with Gasteiger partial charge in [-0.2, -0.15) is 0 Å². The van der Waals surface area contributed by atoms with Crippen molar-refractivity contribution in [1.82, 2.24) is 0 Å². The summed E-state index contributed by atoms with van der Waals surface area (Å²) >= 11 is 5.55. The Labute approximate surface area is 83.3 Å². The second kappa shape index (κ2) is 3.03. The standard InChI is InChI=1S/C10H4ClFO2/c11-8-7(9(13)10(8)14)5-1-3-6(12)4-2-5/h1-4H. The first-order valence-corrected chi connectivity index (χ1v) is 4.24. The Hall–Kier alpha value is -1.48. The van der Waals surface area contributed by atoms with Crippen molar-refractivity contribution in [2.24, 2.45) is 0 Å². The minimum absolute atomic E-state index is 0.0680. The zero-order chi connectivity index (χ0) is 10.3. The Balaban J connectivity index is 2.58. The summed E-state index contributed by atoms with van der Waals surface area (Å²) in [6, 6.07) is 5.25. The van der Waals surface area contributed by atoms with Crippen LogP contribution in [0, 0.1) is 5.82 Å². The normalized spacial score (nSPS) is 10.7. The third-order valence-corrected chi connectivity index (χ3v) is 2.35. The molecule has 0 amide bonds. The lowest BCUT2D eigenvalue weighted by molar-refractivity contribution is 0.628. The van der Waals surface area contributed by atoms with Gasteiger partial charge in [0.25, 0.3) is 0 Å². The van der Waals surface area contributed by atoms with Crippen LogP contribution >= 0.6 is 11.6 Å². The molecule has 0 saturated carbocycles. The van der Waals surface area contributed by atoms with Gasteiger partial charge in [-0.1, -0.05) is 23.7 Å². The van der Waals surface area contributed by atoms with E-state index in [1.165, 1.54) is 24.3 Å². The Bertz CT molecular complexity index is 550. The number of benzene rings is 1. The third kappa shape index (κ3) is 1.17. The van der Waals surface area contributed by atoms with Crippen LogP contribution in [-0.4, -0.2) is 0 Å². The van der Waals surface area contributed by atoms with Crippen LogP contribution in [0.2, 0.25) is 5.02 Å². The SMILES string of the molecule is O=c1c(Cl)c(-c2ccc(F)cc2)c1=O. The van der Waals surface area contributed by atoms with Gasteiger partial charge in [-0.25, -0.2) is 4.39 Å². The predicted octanol–water partition coefficient (Wildman–Crippen LogP) is 1.74. The fourth-order valence-electron chi connectivity index (χ4n) is 1.24. The molecule has 0 N–H and O–H groups in total. The van der Waals surface area contributed by atoms with Crippen molar-refractivity contribution in [3.63, 3.8) is 0 Å². The number of hydrogen-bond acceptors (Lipinski definition) is 2. The fourth-order valence-corrected chi connectivity index (χ4v) is 1.52. The van der Waals surface area contributed by atoms with Crippen molar-refractivity contribution >= 4 is 11.6 Å². The molecule has 0 aliphatic rings. The minimum Gasteiger partial charge on any atom is -0.285 e. The molecular weight excluding hydrogens is 207 g/mol. The monoisotopic (exact) mass is 210 g/mol. The quantitative estimate of drug-likeness (QED) is 0.672. The molecule has 2 rings (SSSR count). The maximum atomic E-state index is 12.5. The summed E-state index contributed by atoms with van der Waals surface area (Å²) in [7, 11) is 0. The Morgan fingerprint density at radius 1 is 1.00 bits per heavy atom. The highest BCUT2D eigenvalue weighted by molar-refractivity contribution is 6.34. The van der Waals surface area contributed by atoms with Gasteiger partial charge in [0.2, 0.25) is 10.9 Å². The van der Waals surface area contributed by atoms with Crippen molar-refractivity contribution in [1.29, 1.82) is 0 Å². The third-order valence-electron chi connectivity index (χ3n) is 1.99. The maximum Gasteiger partial charge on any atom is 0.245 e. The van der Waals surface area contributed by atoms with E-state index in [9.17, 15) is 14.0 Å². The van der Waals surface area contributed by atoms with E-state index in [0.717, 1.165) is 0 Å². The Kier molecular flexibility index (Phi) is 1.97. The second-order valence-electron chi connectivity index (χ2n) is 2.85. The Morgan fingerprint density at radius 3 is 2.07 bits per heavy atom. The first-order valence-electron chi connectivity index (χ1n) is 3.86. The molecule has 0 unspecified atom stereocenters. The highest BCUT2D eigenvalue weighted by Gasteiger charge is 2.19. The summed E-state index contributed by atoms with van der Waals surface area (Å²) in [5, 5.41) is -0.0680. The molecule has 0 aliphatic carbocycles. The van der Waals surface area contributed by atoms with Crippen LogP contribution in [0.15, 0.2) is 33.9 Å². The summed E-state index contributed by atoms with van der Waals surface area (Å²) in [5.74, 6) is -0.399.